The molecule has 2 aromatic carbocycles. The van der Waals surface area contributed by atoms with Crippen LogP contribution in [0.3, 0.4) is 0 Å². The number of rotatable bonds is 8. The van der Waals surface area contributed by atoms with Crippen molar-refractivity contribution >= 4 is 23.4 Å². The Morgan fingerprint density at radius 2 is 1.89 bits per heavy atom. The molecule has 192 valence electrons. The van der Waals surface area contributed by atoms with Crippen LogP contribution in [0, 0.1) is 0 Å². The lowest BCUT2D eigenvalue weighted by Crippen LogP contribution is -2.33. The number of fused-ring (bicyclic) bond motifs is 1. The summed E-state index contributed by atoms with van der Waals surface area (Å²) in [6.45, 7) is 6.83. The summed E-state index contributed by atoms with van der Waals surface area (Å²) in [7, 11) is 3.91. The monoisotopic (exact) mass is 488 g/mol. The van der Waals surface area contributed by atoms with E-state index in [1.807, 2.05) is 31.1 Å². The van der Waals surface area contributed by atoms with Crippen LogP contribution in [0.2, 0.25) is 0 Å². The number of amides is 1. The minimum absolute atomic E-state index is 0.0815. The molecule has 1 aromatic heterocycles. The molecule has 1 atom stereocenters. The zero-order valence-electron chi connectivity index (χ0n) is 22.1. The lowest BCUT2D eigenvalue weighted by molar-refractivity contribution is 0.0989. The fourth-order valence-corrected chi connectivity index (χ4v) is 4.25. The summed E-state index contributed by atoms with van der Waals surface area (Å²) >= 11 is 0. The molecule has 0 spiro atoms. The predicted molar refractivity (Wildman–Crippen MR) is 150 cm³/mol. The van der Waals surface area contributed by atoms with Gasteiger partial charge in [0.05, 0.1) is 0 Å². The summed E-state index contributed by atoms with van der Waals surface area (Å²) in [6.07, 6.45) is 6.07. The number of unbranched alkanes of at least 4 members (excludes halogenated alkanes) is 1. The smallest absolute Gasteiger partial charge is 0.263 e. The first-order valence-corrected chi connectivity index (χ1v) is 12.9. The second-order valence-corrected chi connectivity index (χ2v) is 9.32. The van der Waals surface area contributed by atoms with Gasteiger partial charge in [0.25, 0.3) is 5.91 Å². The Balaban J connectivity index is 0.000000253. The molecule has 1 aliphatic rings. The molecule has 0 aliphatic carbocycles. The summed E-state index contributed by atoms with van der Waals surface area (Å²) in [6, 6.07) is 18.9. The number of nitrogens with two attached hydrogens (primary N) is 1. The van der Waals surface area contributed by atoms with E-state index in [9.17, 15) is 4.79 Å². The molecule has 0 saturated carbocycles. The van der Waals surface area contributed by atoms with Crippen LogP contribution in [0.1, 0.15) is 60.5 Å². The third kappa shape index (κ3) is 7.28. The fraction of sp³-hybridized carbons (Fsp3) is 0.414. The molecular formula is C29H40N6O. The number of nitrogens with one attached hydrogen (secondary N) is 1. The molecule has 7 nitrogen and oxygen atoms in total. The van der Waals surface area contributed by atoms with Crippen LogP contribution in [0.15, 0.2) is 60.8 Å². The van der Waals surface area contributed by atoms with Crippen LogP contribution in [0.5, 0.6) is 0 Å². The van der Waals surface area contributed by atoms with Gasteiger partial charge in [0.1, 0.15) is 11.4 Å². The molecule has 36 heavy (non-hydrogen) atoms. The maximum absolute atomic E-state index is 13.0. The highest BCUT2D eigenvalue weighted by atomic mass is 16.2. The number of anilines is 3. The number of nitrogen functional groups attached to an aromatic ring is 1. The molecule has 2 heterocycles. The number of hydrogen-bond donors (Lipinski definition) is 2. The van der Waals surface area contributed by atoms with E-state index in [-0.39, 0.29) is 11.9 Å². The summed E-state index contributed by atoms with van der Waals surface area (Å²) in [5.74, 6) is 1.36. The first-order chi connectivity index (χ1) is 17.4. The summed E-state index contributed by atoms with van der Waals surface area (Å²) in [4.78, 5) is 25.0. The minimum Gasteiger partial charge on any atom is -0.368 e. The molecule has 0 fully saturated rings. The highest BCUT2D eigenvalue weighted by Crippen LogP contribution is 2.26. The number of benzene rings is 2. The minimum atomic E-state index is -0.0815. The van der Waals surface area contributed by atoms with Crippen LogP contribution in [-0.2, 0) is 6.42 Å². The van der Waals surface area contributed by atoms with Gasteiger partial charge in [-0.3, -0.25) is 4.79 Å². The van der Waals surface area contributed by atoms with Gasteiger partial charge in [-0.05, 0) is 62.0 Å². The van der Waals surface area contributed by atoms with Crippen molar-refractivity contribution in [1.29, 1.82) is 0 Å². The van der Waals surface area contributed by atoms with E-state index in [0.717, 1.165) is 31.5 Å². The maximum atomic E-state index is 13.0. The van der Waals surface area contributed by atoms with Crippen LogP contribution in [0.4, 0.5) is 17.5 Å². The van der Waals surface area contributed by atoms with Crippen molar-refractivity contribution < 1.29 is 4.79 Å². The van der Waals surface area contributed by atoms with Crippen LogP contribution >= 0.6 is 0 Å². The highest BCUT2D eigenvalue weighted by molar-refractivity contribution is 6.09. The zero-order valence-corrected chi connectivity index (χ0v) is 22.1. The molecule has 1 amide bonds. The molecule has 3 N–H and O–H groups in total. The van der Waals surface area contributed by atoms with Crippen molar-refractivity contribution in [2.75, 3.05) is 49.3 Å². The number of hydrogen-bond acceptors (Lipinski definition) is 6. The van der Waals surface area contributed by atoms with E-state index in [2.05, 4.69) is 71.6 Å². The van der Waals surface area contributed by atoms with E-state index in [1.54, 1.807) is 4.90 Å². The second kappa shape index (κ2) is 13.6. The largest absolute Gasteiger partial charge is 0.368 e. The van der Waals surface area contributed by atoms with Gasteiger partial charge in [-0.2, -0.15) is 4.98 Å². The maximum Gasteiger partial charge on any atom is 0.263 e. The zero-order chi connectivity index (χ0) is 25.9. The molecule has 0 radical (unpaired) electrons. The average Bonchev–Trinajstić information content (AvgIpc) is 3.03. The van der Waals surface area contributed by atoms with Gasteiger partial charge < -0.3 is 20.9 Å². The Hall–Kier alpha value is -3.45. The molecule has 4 rings (SSSR count). The molecule has 3 aromatic rings. The van der Waals surface area contributed by atoms with Gasteiger partial charge in [0, 0.05) is 32.0 Å². The van der Waals surface area contributed by atoms with Crippen LogP contribution < -0.4 is 20.9 Å². The number of carbonyl (C=O) groups excluding carboxylic acids is 1. The topological polar surface area (TPSA) is 87.4 Å². The van der Waals surface area contributed by atoms with Gasteiger partial charge in [-0.15, -0.1) is 0 Å². The van der Waals surface area contributed by atoms with Crippen molar-refractivity contribution in [2.45, 2.75) is 45.4 Å². The Labute approximate surface area is 215 Å². The van der Waals surface area contributed by atoms with Gasteiger partial charge in [0.15, 0.2) is 0 Å². The van der Waals surface area contributed by atoms with Gasteiger partial charge in [-0.25, -0.2) is 4.98 Å². The normalized spacial score (nSPS) is 13.9. The molecular weight excluding hydrogens is 448 g/mol. The molecule has 1 aliphatic heterocycles. The lowest BCUT2D eigenvalue weighted by Gasteiger charge is -2.21. The number of likely N-dealkylation sites (N-methyl/N-ethyl adjacent to an activating group) is 1. The summed E-state index contributed by atoms with van der Waals surface area (Å²) in [5.41, 5.74) is 9.79. The SMILES string of the molecule is CCCCc1cccc(N2CCN(C)c3nc(N)ncc3C2=O)c1.CNCCC(C)c1ccccc1. The van der Waals surface area contributed by atoms with Crippen molar-refractivity contribution in [2.24, 2.45) is 0 Å². The van der Waals surface area contributed by atoms with Crippen molar-refractivity contribution in [1.82, 2.24) is 15.3 Å². The van der Waals surface area contributed by atoms with Crippen LogP contribution in [0.25, 0.3) is 0 Å². The standard InChI is InChI=1S/C18H23N5O.C11H17N/c1-3-4-6-13-7-5-8-14(11-13)23-10-9-22(2)16-15(17(23)24)12-20-18(19)21-16;1-10(8-9-12-2)11-6-4-3-5-7-11/h5,7-8,11-12H,3-4,6,9-10H2,1-2H3,(H2,19,20,21);3-7,10,12H,8-9H2,1-2H3. The first-order valence-electron chi connectivity index (χ1n) is 12.9. The number of nitrogens with zero attached hydrogens (tertiary/aromatic N) is 4. The Bertz CT molecular complexity index is 1100. The summed E-state index contributed by atoms with van der Waals surface area (Å²) in [5, 5.41) is 3.17. The van der Waals surface area contributed by atoms with E-state index >= 15 is 0 Å². The Morgan fingerprint density at radius 3 is 2.61 bits per heavy atom. The molecule has 7 heteroatoms. The van der Waals surface area contributed by atoms with E-state index in [1.165, 1.54) is 23.7 Å². The molecule has 0 bridgehead atoms. The van der Waals surface area contributed by atoms with Crippen molar-refractivity contribution in [3.63, 3.8) is 0 Å². The number of carbonyl (C=O) groups is 1. The van der Waals surface area contributed by atoms with Crippen molar-refractivity contribution in [3.05, 3.63) is 77.5 Å². The predicted octanol–water partition coefficient (Wildman–Crippen LogP) is 4.90. The first kappa shape index (κ1) is 27.1. The van der Waals surface area contributed by atoms with E-state index in [4.69, 9.17) is 5.73 Å². The molecule has 0 saturated heterocycles. The van der Waals surface area contributed by atoms with Gasteiger partial charge in [0.2, 0.25) is 5.95 Å². The van der Waals surface area contributed by atoms with Gasteiger partial charge in [-0.1, -0.05) is 62.7 Å². The second-order valence-electron chi connectivity index (χ2n) is 9.32. The van der Waals surface area contributed by atoms with E-state index < -0.39 is 0 Å². The molecule has 1 unspecified atom stereocenters. The lowest BCUT2D eigenvalue weighted by atomic mass is 9.98. The summed E-state index contributed by atoms with van der Waals surface area (Å²) < 4.78 is 0. The Kier molecular flexibility index (Phi) is 10.2. The third-order valence-corrected chi connectivity index (χ3v) is 6.52. The quantitative estimate of drug-likeness (QED) is 0.469. The average molecular weight is 489 g/mol. The number of aryl methyl sites for hydroxylation is 1. The Morgan fingerprint density at radius 1 is 1.11 bits per heavy atom. The fourth-order valence-electron chi connectivity index (χ4n) is 4.25. The third-order valence-electron chi connectivity index (χ3n) is 6.52. The van der Waals surface area contributed by atoms with Crippen LogP contribution in [-0.4, -0.2) is 49.6 Å². The van der Waals surface area contributed by atoms with Crippen molar-refractivity contribution in [3.8, 4) is 0 Å². The number of aromatic nitrogens is 2. The van der Waals surface area contributed by atoms with Gasteiger partial charge >= 0.3 is 0 Å². The van der Waals surface area contributed by atoms with E-state index in [0.29, 0.717) is 30.4 Å². The highest BCUT2D eigenvalue weighted by Gasteiger charge is 2.27.